The summed E-state index contributed by atoms with van der Waals surface area (Å²) in [5.41, 5.74) is 1.60. The lowest BCUT2D eigenvalue weighted by Gasteiger charge is -2.60. The molecule has 190 valence electrons. The quantitative estimate of drug-likeness (QED) is 0.294. The average molecular weight is 477 g/mol. The fourth-order valence-corrected chi connectivity index (χ4v) is 9.93. The van der Waals surface area contributed by atoms with Crippen molar-refractivity contribution in [2.24, 2.45) is 35.0 Å². The van der Waals surface area contributed by atoms with Crippen molar-refractivity contribution in [3.05, 3.63) is 36.0 Å². The van der Waals surface area contributed by atoms with E-state index in [1.54, 1.807) is 5.57 Å². The molecule has 4 heteroatoms. The van der Waals surface area contributed by atoms with Crippen LogP contribution in [0, 0.1) is 35.0 Å². The molecule has 0 bridgehead atoms. The zero-order valence-electron chi connectivity index (χ0n) is 22.4. The molecular weight excluding hydrogens is 431 g/mol. The van der Waals surface area contributed by atoms with E-state index in [4.69, 9.17) is 14.0 Å². The summed E-state index contributed by atoms with van der Waals surface area (Å²) in [5.74, 6) is 4.14. The van der Waals surface area contributed by atoms with Gasteiger partial charge in [0.05, 0.1) is 23.4 Å². The molecule has 7 aliphatic rings. The highest BCUT2D eigenvalue weighted by Crippen LogP contribution is 2.72. The molecule has 0 aromatic carbocycles. The Balaban J connectivity index is 1.26. The van der Waals surface area contributed by atoms with E-state index in [1.807, 2.05) is 0 Å². The van der Waals surface area contributed by atoms with Crippen LogP contribution in [0.5, 0.6) is 0 Å². The first-order valence-electron chi connectivity index (χ1n) is 14.9. The first kappa shape index (κ1) is 23.3. The van der Waals surface area contributed by atoms with Crippen LogP contribution in [-0.4, -0.2) is 30.5 Å². The van der Waals surface area contributed by atoms with Crippen LogP contribution in [-0.2, 0) is 14.0 Å². The number of rotatable bonds is 1. The summed E-state index contributed by atoms with van der Waals surface area (Å²) in [4.78, 5) is 0. The molecule has 3 nitrogen and oxygen atoms in total. The number of hydrogen-bond donors (Lipinski definition) is 0. The second kappa shape index (κ2) is 8.08. The van der Waals surface area contributed by atoms with Gasteiger partial charge in [-0.25, -0.2) is 0 Å². The summed E-state index contributed by atoms with van der Waals surface area (Å²) in [6.07, 6.45) is 26.2. The highest BCUT2D eigenvalue weighted by atomic mass is 16.7. The van der Waals surface area contributed by atoms with Gasteiger partial charge in [-0.3, -0.25) is 0 Å². The molecule has 35 heavy (non-hydrogen) atoms. The van der Waals surface area contributed by atoms with Gasteiger partial charge in [0, 0.05) is 5.41 Å². The van der Waals surface area contributed by atoms with E-state index >= 15 is 0 Å². The summed E-state index contributed by atoms with van der Waals surface area (Å²) in [6, 6.07) is 0. The monoisotopic (exact) mass is 476 g/mol. The molecule has 0 radical (unpaired) electrons. The lowest BCUT2D eigenvalue weighted by atomic mass is 9.47. The van der Waals surface area contributed by atoms with Crippen LogP contribution in [0.3, 0.4) is 0 Å². The zero-order valence-corrected chi connectivity index (χ0v) is 22.4. The third-order valence-electron chi connectivity index (χ3n) is 11.9. The number of allylic oxidation sites excluding steroid dienone is 5. The van der Waals surface area contributed by atoms with E-state index in [1.165, 1.54) is 57.8 Å². The Bertz CT molecular complexity index is 903. The van der Waals surface area contributed by atoms with Crippen LogP contribution in [0.4, 0.5) is 0 Å². The van der Waals surface area contributed by atoms with Gasteiger partial charge in [-0.2, -0.15) is 0 Å². The van der Waals surface area contributed by atoms with E-state index in [2.05, 4.69) is 58.1 Å². The minimum Gasteiger partial charge on any atom is -0.403 e. The van der Waals surface area contributed by atoms with Gasteiger partial charge < -0.3 is 14.0 Å². The molecule has 7 rings (SSSR count). The number of hydrogen-bond acceptors (Lipinski definition) is 3. The van der Waals surface area contributed by atoms with Crippen LogP contribution in [0.25, 0.3) is 0 Å². The third-order valence-corrected chi connectivity index (χ3v) is 11.9. The van der Waals surface area contributed by atoms with Crippen molar-refractivity contribution in [2.45, 2.75) is 121 Å². The normalized spacial score (nSPS) is 49.3. The summed E-state index contributed by atoms with van der Waals surface area (Å²) in [5, 5.41) is 0. The van der Waals surface area contributed by atoms with Crippen molar-refractivity contribution >= 4 is 7.12 Å². The molecule has 5 aliphatic carbocycles. The molecule has 4 fully saturated rings. The second-order valence-corrected chi connectivity index (χ2v) is 13.9. The predicted octanol–water partition coefficient (Wildman–Crippen LogP) is 7.29. The van der Waals surface area contributed by atoms with Crippen LogP contribution in [0.1, 0.15) is 91.9 Å². The Kier molecular flexibility index (Phi) is 5.38. The fourth-order valence-electron chi connectivity index (χ4n) is 9.93. The Morgan fingerprint density at radius 1 is 0.771 bits per heavy atom. The van der Waals surface area contributed by atoms with Crippen LogP contribution in [0.2, 0.25) is 5.82 Å². The van der Waals surface area contributed by atoms with E-state index in [-0.39, 0.29) is 18.3 Å². The summed E-state index contributed by atoms with van der Waals surface area (Å²) >= 11 is 0. The van der Waals surface area contributed by atoms with Crippen molar-refractivity contribution < 1.29 is 14.0 Å². The maximum Gasteiger partial charge on any atom is 0.461 e. The second-order valence-electron chi connectivity index (χ2n) is 13.9. The Morgan fingerprint density at radius 3 is 2.09 bits per heavy atom. The SMILES string of the molecule is CC1(C)OB(C2CCC3C(C2)OC2CCCC=C2C32C3CCC=CC3C3C=CCCC32)OC1(C)C. The van der Waals surface area contributed by atoms with E-state index in [9.17, 15) is 0 Å². The summed E-state index contributed by atoms with van der Waals surface area (Å²) < 4.78 is 20.3. The van der Waals surface area contributed by atoms with Crippen molar-refractivity contribution in [2.75, 3.05) is 0 Å². The van der Waals surface area contributed by atoms with Gasteiger partial charge in [-0.15, -0.1) is 0 Å². The van der Waals surface area contributed by atoms with Crippen molar-refractivity contribution in [3.8, 4) is 0 Å². The Labute approximate surface area is 213 Å². The topological polar surface area (TPSA) is 27.7 Å². The molecule has 0 amide bonds. The average Bonchev–Trinajstić information content (AvgIpc) is 3.27. The molecule has 8 atom stereocenters. The highest BCUT2D eigenvalue weighted by molar-refractivity contribution is 6.47. The van der Waals surface area contributed by atoms with Gasteiger partial charge in [0.1, 0.15) is 0 Å². The third kappa shape index (κ3) is 3.21. The minimum atomic E-state index is -0.253. The first-order chi connectivity index (χ1) is 16.8. The molecule has 2 heterocycles. The number of fused-ring (bicyclic) bond motifs is 9. The lowest BCUT2D eigenvalue weighted by Crippen LogP contribution is -2.58. The van der Waals surface area contributed by atoms with Gasteiger partial charge in [0.2, 0.25) is 0 Å². The fraction of sp³-hybridized carbons (Fsp3) is 0.806. The molecule has 8 unspecified atom stereocenters. The Morgan fingerprint density at radius 2 is 1.43 bits per heavy atom. The number of ether oxygens (including phenoxy) is 1. The minimum absolute atomic E-state index is 0.0944. The molecular formula is C31H45BO3. The molecule has 0 aromatic heterocycles. The van der Waals surface area contributed by atoms with Gasteiger partial charge in [-0.1, -0.05) is 36.8 Å². The van der Waals surface area contributed by atoms with E-state index in [0.29, 0.717) is 29.4 Å². The van der Waals surface area contributed by atoms with Crippen molar-refractivity contribution in [3.63, 3.8) is 0 Å². The summed E-state index contributed by atoms with van der Waals surface area (Å²) in [7, 11) is -0.0944. The molecule has 1 spiro atoms. The smallest absolute Gasteiger partial charge is 0.403 e. The van der Waals surface area contributed by atoms with Crippen molar-refractivity contribution in [1.82, 2.24) is 0 Å². The summed E-state index contributed by atoms with van der Waals surface area (Å²) in [6.45, 7) is 8.76. The maximum atomic E-state index is 7.12. The Hall–Kier alpha value is -0.835. The molecule has 2 saturated carbocycles. The van der Waals surface area contributed by atoms with Crippen LogP contribution < -0.4 is 0 Å². The standard InChI is InChI=1S/C31H45BO3/c1-29(2)30(3,4)35-32(34-29)20-17-18-26-28(19-20)33-27-16-10-9-15-25(27)31(26)23-13-7-5-11-21(23)22-12-6-8-14-24(22)31/h5-6,11-12,15,20-24,26-28H,7-10,13-14,16-19H2,1-4H3. The maximum absolute atomic E-state index is 7.12. The lowest BCUT2D eigenvalue weighted by molar-refractivity contribution is -0.155. The van der Waals surface area contributed by atoms with Crippen LogP contribution in [0.15, 0.2) is 36.0 Å². The largest absolute Gasteiger partial charge is 0.461 e. The molecule has 2 saturated heterocycles. The highest BCUT2D eigenvalue weighted by Gasteiger charge is 2.68. The van der Waals surface area contributed by atoms with E-state index < -0.39 is 0 Å². The van der Waals surface area contributed by atoms with E-state index in [0.717, 1.165) is 30.1 Å². The van der Waals surface area contributed by atoms with Gasteiger partial charge >= 0.3 is 7.12 Å². The molecule has 0 aromatic rings. The van der Waals surface area contributed by atoms with Gasteiger partial charge in [-0.05, 0) is 126 Å². The first-order valence-corrected chi connectivity index (χ1v) is 14.9. The van der Waals surface area contributed by atoms with Gasteiger partial charge in [0.25, 0.3) is 0 Å². The molecule has 0 N–H and O–H groups in total. The predicted molar refractivity (Wildman–Crippen MR) is 141 cm³/mol. The molecule has 2 aliphatic heterocycles. The van der Waals surface area contributed by atoms with Crippen molar-refractivity contribution in [1.29, 1.82) is 0 Å². The zero-order chi connectivity index (χ0) is 24.0. The van der Waals surface area contributed by atoms with Gasteiger partial charge in [0.15, 0.2) is 0 Å². The van der Waals surface area contributed by atoms with Crippen LogP contribution >= 0.6 is 0 Å².